The molecule has 0 amide bonds. The summed E-state index contributed by atoms with van der Waals surface area (Å²) >= 11 is 0. The average molecular weight is 180 g/mol. The number of carbonyl (C=O) groups is 2. The van der Waals surface area contributed by atoms with Gasteiger partial charge in [0.25, 0.3) is 0 Å². The molecule has 12 heavy (non-hydrogen) atoms. The van der Waals surface area contributed by atoms with E-state index >= 15 is 0 Å². The molecule has 7 heteroatoms. The summed E-state index contributed by atoms with van der Waals surface area (Å²) in [6.07, 6.45) is 1.02. The van der Waals surface area contributed by atoms with Crippen molar-refractivity contribution >= 4 is 41.5 Å². The number of hydrogen-bond donors (Lipinski definition) is 3. The molecule has 0 aliphatic carbocycles. The van der Waals surface area contributed by atoms with Gasteiger partial charge in [-0.3, -0.25) is 0 Å². The number of nitrogens with one attached hydrogen (secondary N) is 1. The Morgan fingerprint density at radius 1 is 1.33 bits per heavy atom. The van der Waals surface area contributed by atoms with E-state index in [-0.39, 0.29) is 29.6 Å². The van der Waals surface area contributed by atoms with Gasteiger partial charge in [0.2, 0.25) is 0 Å². The number of aromatic amines is 1. The third-order valence-corrected chi connectivity index (χ3v) is 1.06. The van der Waals surface area contributed by atoms with Crippen LogP contribution in [0.25, 0.3) is 0 Å². The van der Waals surface area contributed by atoms with Crippen molar-refractivity contribution in [1.82, 2.24) is 9.97 Å². The molecule has 0 radical (unpaired) electrons. The quantitative estimate of drug-likeness (QED) is 0.514. The number of nitrogens with zero attached hydrogens (tertiary/aromatic N) is 1. The second-order valence-electron chi connectivity index (χ2n) is 1.74. The Kier molecular flexibility index (Phi) is 3.94. The predicted octanol–water partition coefficient (Wildman–Crippen LogP) is -0.842. The van der Waals surface area contributed by atoms with Crippen molar-refractivity contribution in [3.05, 3.63) is 17.7 Å². The van der Waals surface area contributed by atoms with Crippen molar-refractivity contribution in [2.75, 3.05) is 0 Å². The number of hydrogen-bond acceptors (Lipinski definition) is 3. The Balaban J connectivity index is 0.00000121. The molecule has 0 spiro atoms. The van der Waals surface area contributed by atoms with Gasteiger partial charge in [-0.25, -0.2) is 14.6 Å². The van der Waals surface area contributed by atoms with E-state index in [4.69, 9.17) is 10.2 Å². The minimum atomic E-state index is -1.36. The number of H-pyrrole nitrogens is 1. The summed E-state index contributed by atoms with van der Waals surface area (Å²) in [4.78, 5) is 26.0. The van der Waals surface area contributed by atoms with Crippen LogP contribution in [0.1, 0.15) is 21.0 Å². The Bertz CT molecular complexity index is 280. The summed E-state index contributed by atoms with van der Waals surface area (Å²) in [5.41, 5.74) is -0.880. The second-order valence-corrected chi connectivity index (χ2v) is 1.74. The minimum absolute atomic E-state index is 0. The molecule has 0 atom stereocenters. The first kappa shape index (κ1) is 11.2. The molecule has 0 unspecified atom stereocenters. The van der Waals surface area contributed by atoms with E-state index in [1.807, 2.05) is 0 Å². The maximum absolute atomic E-state index is 10.3. The van der Waals surface area contributed by atoms with Gasteiger partial charge in [0, 0.05) is 0 Å². The van der Waals surface area contributed by atoms with Crippen molar-refractivity contribution in [2.45, 2.75) is 0 Å². The van der Waals surface area contributed by atoms with Crippen LogP contribution in [-0.4, -0.2) is 61.7 Å². The van der Waals surface area contributed by atoms with E-state index < -0.39 is 23.3 Å². The molecule has 0 fully saturated rings. The molecule has 3 N–H and O–H groups in total. The topological polar surface area (TPSA) is 103 Å². The zero-order valence-corrected chi connectivity index (χ0v) is 5.24. The molecule has 1 aromatic heterocycles. The van der Waals surface area contributed by atoms with Crippen LogP contribution in [0.15, 0.2) is 6.33 Å². The van der Waals surface area contributed by atoms with E-state index in [2.05, 4.69) is 9.97 Å². The Morgan fingerprint density at radius 3 is 2.25 bits per heavy atom. The van der Waals surface area contributed by atoms with E-state index in [1.54, 1.807) is 0 Å². The molecule has 1 aromatic rings. The van der Waals surface area contributed by atoms with Gasteiger partial charge in [-0.2, -0.15) is 0 Å². The van der Waals surface area contributed by atoms with Crippen LogP contribution in [0, 0.1) is 0 Å². The Morgan fingerprint density at radius 2 is 1.92 bits per heavy atom. The third-order valence-electron chi connectivity index (χ3n) is 1.06. The second kappa shape index (κ2) is 4.24. The van der Waals surface area contributed by atoms with Crippen LogP contribution < -0.4 is 0 Å². The molecule has 0 aromatic carbocycles. The van der Waals surface area contributed by atoms with Gasteiger partial charge in [0.05, 0.1) is 6.33 Å². The third kappa shape index (κ3) is 2.07. The van der Waals surface area contributed by atoms with Crippen molar-refractivity contribution in [3.63, 3.8) is 0 Å². The molecular formula is C5H5N2NaO4. The van der Waals surface area contributed by atoms with E-state index in [0.717, 1.165) is 6.33 Å². The summed E-state index contributed by atoms with van der Waals surface area (Å²) in [5.74, 6) is -2.69. The van der Waals surface area contributed by atoms with Crippen LogP contribution >= 0.6 is 0 Å². The van der Waals surface area contributed by atoms with Gasteiger partial charge in [-0.05, 0) is 0 Å². The van der Waals surface area contributed by atoms with Crippen LogP contribution in [-0.2, 0) is 0 Å². The maximum atomic E-state index is 10.3. The molecule has 0 aliphatic heterocycles. The first-order valence-corrected chi connectivity index (χ1v) is 2.63. The van der Waals surface area contributed by atoms with Gasteiger partial charge in [0.1, 0.15) is 0 Å². The number of carboxylic acid groups (broad SMARTS) is 2. The van der Waals surface area contributed by atoms with Gasteiger partial charge >= 0.3 is 41.5 Å². The van der Waals surface area contributed by atoms with Crippen LogP contribution in [0.5, 0.6) is 0 Å². The van der Waals surface area contributed by atoms with E-state index in [9.17, 15) is 9.59 Å². The van der Waals surface area contributed by atoms with Crippen molar-refractivity contribution in [1.29, 1.82) is 0 Å². The zero-order chi connectivity index (χ0) is 8.43. The van der Waals surface area contributed by atoms with Gasteiger partial charge in [-0.1, -0.05) is 0 Å². The zero-order valence-electron chi connectivity index (χ0n) is 5.24. The van der Waals surface area contributed by atoms with Gasteiger partial charge in [-0.15, -0.1) is 0 Å². The molecule has 1 heterocycles. The molecule has 1 rings (SSSR count). The first-order chi connectivity index (χ1) is 5.13. The first-order valence-electron chi connectivity index (χ1n) is 2.63. The van der Waals surface area contributed by atoms with Crippen molar-refractivity contribution in [2.24, 2.45) is 0 Å². The fourth-order valence-corrected chi connectivity index (χ4v) is 0.619. The Hall–Kier alpha value is -0.850. The summed E-state index contributed by atoms with van der Waals surface area (Å²) in [5, 5.41) is 16.7. The molecule has 0 saturated carbocycles. The molecule has 6 nitrogen and oxygen atoms in total. The standard InChI is InChI=1S/C5H4N2O4.Na.H/c8-4(9)2-3(5(10)11)7-1-6-2;;/h1H,(H,6,7)(H,8,9)(H,10,11);;. The fraction of sp³-hybridized carbons (Fsp3) is 0. The predicted molar refractivity (Wildman–Crippen MR) is 39.7 cm³/mol. The summed E-state index contributed by atoms with van der Waals surface area (Å²) in [7, 11) is 0. The molecule has 0 saturated heterocycles. The van der Waals surface area contributed by atoms with Crippen LogP contribution in [0.3, 0.4) is 0 Å². The molecule has 60 valence electrons. The molecular weight excluding hydrogens is 175 g/mol. The normalized spacial score (nSPS) is 8.67. The Labute approximate surface area is 88.9 Å². The SMILES string of the molecule is O=C(O)c1nc[nH]c1C(=O)O.[NaH]. The molecule has 0 bridgehead atoms. The van der Waals surface area contributed by atoms with Crippen LogP contribution in [0.2, 0.25) is 0 Å². The average Bonchev–Trinajstić information content (AvgIpc) is 2.32. The summed E-state index contributed by atoms with van der Waals surface area (Å²) in [6.45, 7) is 0. The molecule has 0 aliphatic rings. The van der Waals surface area contributed by atoms with Gasteiger partial charge in [0.15, 0.2) is 11.4 Å². The van der Waals surface area contributed by atoms with Crippen molar-refractivity contribution in [3.8, 4) is 0 Å². The number of aromatic nitrogens is 2. The van der Waals surface area contributed by atoms with E-state index in [1.165, 1.54) is 0 Å². The number of aromatic carboxylic acids is 2. The van der Waals surface area contributed by atoms with E-state index in [0.29, 0.717) is 0 Å². The number of carboxylic acids is 2. The van der Waals surface area contributed by atoms with Crippen LogP contribution in [0.4, 0.5) is 0 Å². The number of rotatable bonds is 2. The number of imidazole rings is 1. The van der Waals surface area contributed by atoms with Gasteiger partial charge < -0.3 is 15.2 Å². The monoisotopic (exact) mass is 180 g/mol. The van der Waals surface area contributed by atoms with Crippen molar-refractivity contribution < 1.29 is 19.8 Å². The summed E-state index contributed by atoms with van der Waals surface area (Å²) in [6, 6.07) is 0. The fourth-order valence-electron chi connectivity index (χ4n) is 0.619. The summed E-state index contributed by atoms with van der Waals surface area (Å²) < 4.78 is 0.